The first-order valence-corrected chi connectivity index (χ1v) is 6.95. The zero-order valence-corrected chi connectivity index (χ0v) is 12.6. The highest BCUT2D eigenvalue weighted by Crippen LogP contribution is 2.36. The van der Waals surface area contributed by atoms with E-state index in [1.54, 1.807) is 0 Å². The maximum Gasteiger partial charge on any atom is 0.409 e. The molecule has 1 aromatic carbocycles. The number of carbonyl (C=O) groups is 2. The van der Waals surface area contributed by atoms with Crippen LogP contribution in [0.3, 0.4) is 0 Å². The van der Waals surface area contributed by atoms with E-state index in [4.69, 9.17) is 0 Å². The minimum Gasteiger partial charge on any atom is -0.469 e. The minimum atomic E-state index is -1.58. The van der Waals surface area contributed by atoms with E-state index in [0.29, 0.717) is 6.42 Å². The summed E-state index contributed by atoms with van der Waals surface area (Å²) in [6, 6.07) is 0.821. The predicted molar refractivity (Wildman–Crippen MR) is 72.9 cm³/mol. The molecule has 8 heteroatoms. The lowest BCUT2D eigenvalue weighted by atomic mass is 9.87. The van der Waals surface area contributed by atoms with Crippen LogP contribution in [0.4, 0.5) is 18.0 Å². The molecule has 1 aliphatic rings. The third kappa shape index (κ3) is 3.40. The van der Waals surface area contributed by atoms with Crippen molar-refractivity contribution < 1.29 is 32.2 Å². The second kappa shape index (κ2) is 6.89. The van der Waals surface area contributed by atoms with Crippen molar-refractivity contribution in [1.82, 2.24) is 4.90 Å². The maximum atomic E-state index is 13.5. The number of benzene rings is 1. The molecule has 2 rings (SSSR count). The fraction of sp³-hybridized carbons (Fsp3) is 0.467. The molecule has 126 valence electrons. The van der Waals surface area contributed by atoms with Crippen LogP contribution in [0.25, 0.3) is 0 Å². The van der Waals surface area contributed by atoms with Crippen LogP contribution in [0.2, 0.25) is 0 Å². The maximum absolute atomic E-state index is 13.5. The molecule has 23 heavy (non-hydrogen) atoms. The number of hydrogen-bond donors (Lipinski definition) is 0. The second-order valence-electron chi connectivity index (χ2n) is 5.22. The van der Waals surface area contributed by atoms with E-state index in [1.807, 2.05) is 0 Å². The largest absolute Gasteiger partial charge is 0.469 e. The molecule has 0 bridgehead atoms. The van der Waals surface area contributed by atoms with Crippen LogP contribution in [0, 0.1) is 23.4 Å². The Morgan fingerprint density at radius 3 is 2.26 bits per heavy atom. The summed E-state index contributed by atoms with van der Waals surface area (Å²) < 4.78 is 49.4. The highest BCUT2D eigenvalue weighted by Gasteiger charge is 2.37. The summed E-state index contributed by atoms with van der Waals surface area (Å²) >= 11 is 0. The number of likely N-dealkylation sites (tertiary alicyclic amines) is 1. The van der Waals surface area contributed by atoms with Crippen molar-refractivity contribution >= 4 is 12.1 Å². The minimum absolute atomic E-state index is 0.0559. The van der Waals surface area contributed by atoms with E-state index in [0.717, 1.165) is 12.1 Å². The van der Waals surface area contributed by atoms with Crippen LogP contribution in [-0.4, -0.2) is 37.7 Å². The van der Waals surface area contributed by atoms with Crippen LogP contribution in [0.5, 0.6) is 0 Å². The molecule has 0 aromatic heterocycles. The number of halogens is 3. The van der Waals surface area contributed by atoms with E-state index in [2.05, 4.69) is 9.47 Å². The molecule has 1 amide bonds. The van der Waals surface area contributed by atoms with Gasteiger partial charge in [0.2, 0.25) is 0 Å². The van der Waals surface area contributed by atoms with Crippen molar-refractivity contribution in [3.05, 3.63) is 35.1 Å². The van der Waals surface area contributed by atoms with E-state index >= 15 is 0 Å². The smallest absolute Gasteiger partial charge is 0.409 e. The molecule has 0 spiro atoms. The first kappa shape index (κ1) is 17.1. The van der Waals surface area contributed by atoms with Gasteiger partial charge in [0, 0.05) is 6.54 Å². The number of ether oxygens (including phenoxy) is 2. The van der Waals surface area contributed by atoms with Gasteiger partial charge in [-0.15, -0.1) is 0 Å². The van der Waals surface area contributed by atoms with Gasteiger partial charge in [0.1, 0.15) is 0 Å². The molecule has 1 heterocycles. The Morgan fingerprint density at radius 2 is 1.74 bits per heavy atom. The van der Waals surface area contributed by atoms with E-state index < -0.39 is 41.5 Å². The molecule has 2 atom stereocenters. The van der Waals surface area contributed by atoms with Gasteiger partial charge in [-0.1, -0.05) is 0 Å². The number of carbonyl (C=O) groups excluding carboxylic acids is 2. The Balaban J connectivity index is 2.38. The SMILES string of the molecule is COC(=O)C1CCN(C(=O)OC)C(c2cc(F)c(F)c(F)c2)C1. The Kier molecular flexibility index (Phi) is 5.12. The molecule has 0 aliphatic carbocycles. The molecular weight excluding hydrogens is 315 g/mol. The van der Waals surface area contributed by atoms with Crippen molar-refractivity contribution in [3.8, 4) is 0 Å². The summed E-state index contributed by atoms with van der Waals surface area (Å²) in [7, 11) is 2.42. The predicted octanol–water partition coefficient (Wildman–Crippen LogP) is 2.80. The molecule has 1 saturated heterocycles. The molecule has 0 N–H and O–H groups in total. The number of methoxy groups -OCH3 is 2. The first-order valence-electron chi connectivity index (χ1n) is 6.95. The van der Waals surface area contributed by atoms with Crippen LogP contribution in [0.1, 0.15) is 24.4 Å². The lowest BCUT2D eigenvalue weighted by Gasteiger charge is -2.37. The summed E-state index contributed by atoms with van der Waals surface area (Å²) in [5.41, 5.74) is 0.0559. The standard InChI is InChI=1S/C15H16F3NO4/c1-22-14(20)8-3-4-19(15(21)23-2)12(7-8)9-5-10(16)13(18)11(17)6-9/h5-6,8,12H,3-4,7H2,1-2H3. The highest BCUT2D eigenvalue weighted by molar-refractivity contribution is 5.74. The molecule has 1 aromatic rings. The molecule has 1 fully saturated rings. The van der Waals surface area contributed by atoms with Crippen molar-refractivity contribution in [2.45, 2.75) is 18.9 Å². The van der Waals surface area contributed by atoms with E-state index in [-0.39, 0.29) is 18.5 Å². The third-order valence-electron chi connectivity index (χ3n) is 3.94. The fourth-order valence-electron chi connectivity index (χ4n) is 2.77. The van der Waals surface area contributed by atoms with E-state index in [9.17, 15) is 22.8 Å². The zero-order valence-electron chi connectivity index (χ0n) is 12.6. The molecule has 2 unspecified atom stereocenters. The van der Waals surface area contributed by atoms with Crippen LogP contribution >= 0.6 is 0 Å². The Bertz CT molecular complexity index is 600. The summed E-state index contributed by atoms with van der Waals surface area (Å²) in [5, 5.41) is 0. The Hall–Kier alpha value is -2.25. The summed E-state index contributed by atoms with van der Waals surface area (Å²) in [6.45, 7) is 0.151. The number of esters is 1. The monoisotopic (exact) mass is 331 g/mol. The number of nitrogens with zero attached hydrogens (tertiary/aromatic N) is 1. The van der Waals surface area contributed by atoms with E-state index in [1.165, 1.54) is 19.1 Å². The Labute approximate surface area is 131 Å². The van der Waals surface area contributed by atoms with Crippen LogP contribution in [0.15, 0.2) is 12.1 Å². The van der Waals surface area contributed by atoms with Gasteiger partial charge in [-0.25, -0.2) is 18.0 Å². The number of hydrogen-bond acceptors (Lipinski definition) is 4. The van der Waals surface area contributed by atoms with Gasteiger partial charge in [-0.2, -0.15) is 0 Å². The van der Waals surface area contributed by atoms with Gasteiger partial charge in [-0.05, 0) is 30.5 Å². The van der Waals surface area contributed by atoms with Crippen LogP contribution in [-0.2, 0) is 14.3 Å². The van der Waals surface area contributed by atoms with Crippen molar-refractivity contribution in [3.63, 3.8) is 0 Å². The average molecular weight is 331 g/mol. The second-order valence-corrected chi connectivity index (χ2v) is 5.22. The molecule has 0 saturated carbocycles. The lowest BCUT2D eigenvalue weighted by molar-refractivity contribution is -0.147. The van der Waals surface area contributed by atoms with Crippen LogP contribution < -0.4 is 0 Å². The van der Waals surface area contributed by atoms with Crippen molar-refractivity contribution in [2.75, 3.05) is 20.8 Å². The van der Waals surface area contributed by atoms with Crippen molar-refractivity contribution in [1.29, 1.82) is 0 Å². The molecule has 1 aliphatic heterocycles. The molecular formula is C15H16F3NO4. The normalized spacial score (nSPS) is 21.0. The summed E-state index contributed by atoms with van der Waals surface area (Å²) in [6.07, 6.45) is -0.250. The Morgan fingerprint density at radius 1 is 1.13 bits per heavy atom. The summed E-state index contributed by atoms with van der Waals surface area (Å²) in [5.74, 6) is -5.29. The molecule has 0 radical (unpaired) electrons. The highest BCUT2D eigenvalue weighted by atomic mass is 19.2. The zero-order chi connectivity index (χ0) is 17.1. The number of amides is 1. The molecule has 5 nitrogen and oxygen atoms in total. The van der Waals surface area contributed by atoms with Gasteiger partial charge >= 0.3 is 12.1 Å². The quantitative estimate of drug-likeness (QED) is 0.618. The topological polar surface area (TPSA) is 55.8 Å². The van der Waals surface area contributed by atoms with Gasteiger partial charge < -0.3 is 14.4 Å². The van der Waals surface area contributed by atoms with Gasteiger partial charge in [0.05, 0.1) is 26.2 Å². The average Bonchev–Trinajstić information content (AvgIpc) is 2.57. The number of rotatable bonds is 2. The lowest BCUT2D eigenvalue weighted by Crippen LogP contribution is -2.43. The summed E-state index contributed by atoms with van der Waals surface area (Å²) in [4.78, 5) is 24.8. The fourth-order valence-corrected chi connectivity index (χ4v) is 2.77. The van der Waals surface area contributed by atoms with Gasteiger partial charge in [0.25, 0.3) is 0 Å². The first-order chi connectivity index (χ1) is 10.9. The van der Waals surface area contributed by atoms with Gasteiger partial charge in [0.15, 0.2) is 17.5 Å². The number of piperidine rings is 1. The van der Waals surface area contributed by atoms with Gasteiger partial charge in [-0.3, -0.25) is 4.79 Å². The van der Waals surface area contributed by atoms with Crippen molar-refractivity contribution in [2.24, 2.45) is 5.92 Å². The third-order valence-corrected chi connectivity index (χ3v) is 3.94.